The first-order valence-corrected chi connectivity index (χ1v) is 6.80. The first-order valence-electron chi connectivity index (χ1n) is 6.80. The van der Waals surface area contributed by atoms with E-state index in [1.165, 1.54) is 4.90 Å². The van der Waals surface area contributed by atoms with Crippen molar-refractivity contribution in [2.24, 2.45) is 11.8 Å². The number of imide groups is 1. The molecule has 1 aromatic carbocycles. The van der Waals surface area contributed by atoms with Crippen LogP contribution in [0, 0.1) is 25.7 Å². The van der Waals surface area contributed by atoms with Gasteiger partial charge in [0.25, 0.3) is 11.8 Å². The Morgan fingerprint density at radius 3 is 1.95 bits per heavy atom. The fourth-order valence-electron chi connectivity index (χ4n) is 3.73. The third-order valence-corrected chi connectivity index (χ3v) is 4.83. The number of carbonyl (C=O) groups excluding carboxylic acids is 2. The highest BCUT2D eigenvalue weighted by Crippen LogP contribution is 2.48. The summed E-state index contributed by atoms with van der Waals surface area (Å²) >= 11 is 0. The number of nitrogens with zero attached hydrogens (tertiary/aromatic N) is 1. The fraction of sp³-hybridized carbons (Fsp3) is 0.467. The molecule has 98 valence electrons. The lowest BCUT2D eigenvalue weighted by atomic mass is 9.99. The van der Waals surface area contributed by atoms with Crippen molar-refractivity contribution in [2.75, 3.05) is 13.1 Å². The summed E-state index contributed by atoms with van der Waals surface area (Å²) in [5, 5.41) is 3.30. The summed E-state index contributed by atoms with van der Waals surface area (Å²) in [5.41, 5.74) is 3.07. The minimum absolute atomic E-state index is 0.0828. The zero-order valence-electron chi connectivity index (χ0n) is 11.1. The lowest BCUT2D eigenvalue weighted by Crippen LogP contribution is -2.37. The molecule has 1 aliphatic carbocycles. The van der Waals surface area contributed by atoms with Gasteiger partial charge in [-0.1, -0.05) is 12.1 Å². The van der Waals surface area contributed by atoms with Crippen molar-refractivity contribution < 1.29 is 9.59 Å². The number of piperidine rings is 1. The maximum Gasteiger partial charge on any atom is 0.262 e. The smallest absolute Gasteiger partial charge is 0.262 e. The van der Waals surface area contributed by atoms with E-state index in [9.17, 15) is 9.59 Å². The predicted molar refractivity (Wildman–Crippen MR) is 70.1 cm³/mol. The van der Waals surface area contributed by atoms with Crippen molar-refractivity contribution in [1.29, 1.82) is 0 Å². The van der Waals surface area contributed by atoms with Crippen LogP contribution in [0.4, 0.5) is 0 Å². The van der Waals surface area contributed by atoms with E-state index in [1.807, 2.05) is 26.0 Å². The molecule has 4 heteroatoms. The van der Waals surface area contributed by atoms with Gasteiger partial charge in [0.2, 0.25) is 0 Å². The van der Waals surface area contributed by atoms with Crippen LogP contribution in [0.3, 0.4) is 0 Å². The van der Waals surface area contributed by atoms with E-state index in [0.29, 0.717) is 23.0 Å². The van der Waals surface area contributed by atoms with Gasteiger partial charge in [-0.25, -0.2) is 0 Å². The second-order valence-electron chi connectivity index (χ2n) is 5.91. The summed E-state index contributed by atoms with van der Waals surface area (Å²) in [6.45, 7) is 5.67. The summed E-state index contributed by atoms with van der Waals surface area (Å²) in [5.74, 6) is 0.784. The van der Waals surface area contributed by atoms with Crippen molar-refractivity contribution in [1.82, 2.24) is 10.2 Å². The van der Waals surface area contributed by atoms with Crippen molar-refractivity contribution >= 4 is 11.8 Å². The van der Waals surface area contributed by atoms with Gasteiger partial charge in [0.15, 0.2) is 0 Å². The summed E-state index contributed by atoms with van der Waals surface area (Å²) in [7, 11) is 0. The standard InChI is InChI=1S/C15H16N2O2/c1-7-3-4-8(2)12-11(7)14(18)17(15(12)19)13-9-5-16-6-10(9)13/h3-4,9-10,13,16H,5-6H2,1-2H3. The molecular weight excluding hydrogens is 240 g/mol. The molecule has 2 fully saturated rings. The first-order chi connectivity index (χ1) is 9.11. The van der Waals surface area contributed by atoms with Crippen LogP contribution < -0.4 is 5.32 Å². The Hall–Kier alpha value is -1.68. The molecule has 2 amide bonds. The molecule has 1 aromatic rings. The highest BCUT2D eigenvalue weighted by atomic mass is 16.2. The molecule has 4 rings (SSSR count). The number of carbonyl (C=O) groups is 2. The molecule has 4 nitrogen and oxygen atoms in total. The largest absolute Gasteiger partial charge is 0.316 e. The number of amides is 2. The lowest BCUT2D eigenvalue weighted by Gasteiger charge is -2.16. The normalized spacial score (nSPS) is 31.7. The average molecular weight is 256 g/mol. The second kappa shape index (κ2) is 3.45. The fourth-order valence-corrected chi connectivity index (χ4v) is 3.73. The Morgan fingerprint density at radius 2 is 1.47 bits per heavy atom. The third-order valence-electron chi connectivity index (χ3n) is 4.83. The molecular formula is C15H16N2O2. The topological polar surface area (TPSA) is 49.4 Å². The summed E-state index contributed by atoms with van der Waals surface area (Å²) in [4.78, 5) is 26.7. The number of rotatable bonds is 1. The van der Waals surface area contributed by atoms with Crippen LogP contribution in [0.1, 0.15) is 31.8 Å². The van der Waals surface area contributed by atoms with Crippen molar-refractivity contribution in [2.45, 2.75) is 19.9 Å². The second-order valence-corrected chi connectivity index (χ2v) is 5.91. The van der Waals surface area contributed by atoms with Crippen molar-refractivity contribution in [3.8, 4) is 0 Å². The number of aryl methyl sites for hydroxylation is 2. The Morgan fingerprint density at radius 1 is 1.00 bits per heavy atom. The minimum Gasteiger partial charge on any atom is -0.316 e. The highest BCUT2D eigenvalue weighted by Gasteiger charge is 2.60. The molecule has 2 aliphatic heterocycles. The maximum atomic E-state index is 12.6. The molecule has 0 spiro atoms. The third kappa shape index (κ3) is 1.27. The number of hydrogen-bond donors (Lipinski definition) is 1. The van der Waals surface area contributed by atoms with Gasteiger partial charge in [-0.2, -0.15) is 0 Å². The number of fused-ring (bicyclic) bond motifs is 2. The van der Waals surface area contributed by atoms with E-state index in [2.05, 4.69) is 5.32 Å². The predicted octanol–water partition coefficient (Wildman–Crippen LogP) is 1.12. The van der Waals surface area contributed by atoms with Gasteiger partial charge < -0.3 is 5.32 Å². The van der Waals surface area contributed by atoms with Crippen LogP contribution in [-0.4, -0.2) is 35.8 Å². The number of nitrogens with one attached hydrogen (secondary N) is 1. The van der Waals surface area contributed by atoms with Gasteiger partial charge in [0.05, 0.1) is 11.1 Å². The molecule has 1 N–H and O–H groups in total. The molecule has 0 bridgehead atoms. The van der Waals surface area contributed by atoms with Crippen LogP contribution in [-0.2, 0) is 0 Å². The van der Waals surface area contributed by atoms with Gasteiger partial charge in [-0.15, -0.1) is 0 Å². The molecule has 0 radical (unpaired) electrons. The molecule has 0 aromatic heterocycles. The van der Waals surface area contributed by atoms with Crippen LogP contribution >= 0.6 is 0 Å². The van der Waals surface area contributed by atoms with Gasteiger partial charge in [-0.05, 0) is 36.8 Å². The van der Waals surface area contributed by atoms with Gasteiger partial charge in [0.1, 0.15) is 0 Å². The summed E-state index contributed by atoms with van der Waals surface area (Å²) in [6, 6.07) is 3.99. The molecule has 1 saturated heterocycles. The quantitative estimate of drug-likeness (QED) is 0.766. The Bertz CT molecular complexity index is 572. The van der Waals surface area contributed by atoms with Crippen molar-refractivity contribution in [3.63, 3.8) is 0 Å². The van der Waals surface area contributed by atoms with E-state index in [4.69, 9.17) is 0 Å². The van der Waals surface area contributed by atoms with Gasteiger partial charge in [-0.3, -0.25) is 14.5 Å². The Kier molecular flexibility index (Phi) is 2.03. The van der Waals surface area contributed by atoms with Crippen LogP contribution in [0.15, 0.2) is 12.1 Å². The van der Waals surface area contributed by atoms with Crippen LogP contribution in [0.25, 0.3) is 0 Å². The maximum absolute atomic E-state index is 12.6. The zero-order valence-corrected chi connectivity index (χ0v) is 11.1. The van der Waals surface area contributed by atoms with E-state index < -0.39 is 0 Å². The lowest BCUT2D eigenvalue weighted by molar-refractivity contribution is 0.0624. The highest BCUT2D eigenvalue weighted by molar-refractivity contribution is 6.23. The minimum atomic E-state index is -0.0828. The van der Waals surface area contributed by atoms with Gasteiger partial charge in [0, 0.05) is 19.1 Å². The molecule has 2 unspecified atom stereocenters. The van der Waals surface area contributed by atoms with Crippen molar-refractivity contribution in [3.05, 3.63) is 34.4 Å². The molecule has 19 heavy (non-hydrogen) atoms. The molecule has 2 heterocycles. The van der Waals surface area contributed by atoms with E-state index in [1.54, 1.807) is 0 Å². The van der Waals surface area contributed by atoms with Crippen LogP contribution in [0.5, 0.6) is 0 Å². The monoisotopic (exact) mass is 256 g/mol. The summed E-state index contributed by atoms with van der Waals surface area (Å²) in [6.07, 6.45) is 0. The molecule has 3 aliphatic rings. The van der Waals surface area contributed by atoms with E-state index >= 15 is 0 Å². The average Bonchev–Trinajstić information content (AvgIpc) is 2.74. The van der Waals surface area contributed by atoms with E-state index in [0.717, 1.165) is 24.2 Å². The Balaban J connectivity index is 1.79. The van der Waals surface area contributed by atoms with Gasteiger partial charge >= 0.3 is 0 Å². The SMILES string of the molecule is Cc1ccc(C)c2c1C(=O)N(C1C3CNCC31)C2=O. The molecule has 1 saturated carbocycles. The van der Waals surface area contributed by atoms with E-state index in [-0.39, 0.29) is 17.9 Å². The van der Waals surface area contributed by atoms with Crippen LogP contribution in [0.2, 0.25) is 0 Å². The number of benzene rings is 1. The molecule has 2 atom stereocenters. The zero-order chi connectivity index (χ0) is 13.3. The first kappa shape index (κ1) is 11.2. The number of hydrogen-bond acceptors (Lipinski definition) is 3. The summed E-state index contributed by atoms with van der Waals surface area (Å²) < 4.78 is 0. The Labute approximate surface area is 111 Å².